The Bertz CT molecular complexity index is 972. The summed E-state index contributed by atoms with van der Waals surface area (Å²) in [6.07, 6.45) is 18.6. The molecule has 8 heteroatoms. The van der Waals surface area contributed by atoms with Crippen LogP contribution in [0.2, 0.25) is 0 Å². The highest BCUT2D eigenvalue weighted by Gasteiger charge is 2.41. The predicted molar refractivity (Wildman–Crippen MR) is 141 cm³/mol. The Morgan fingerprint density at radius 2 is 2.08 bits per heavy atom. The molecule has 2 atom stereocenters. The maximum absolute atomic E-state index is 14.5. The van der Waals surface area contributed by atoms with Gasteiger partial charge in [-0.3, -0.25) is 0 Å². The Morgan fingerprint density at radius 1 is 1.25 bits per heavy atom. The van der Waals surface area contributed by atoms with Crippen molar-refractivity contribution in [2.24, 2.45) is 11.7 Å². The number of hydrogen-bond acceptors (Lipinski definition) is 6. The summed E-state index contributed by atoms with van der Waals surface area (Å²) in [4.78, 5) is 2.41. The number of nitrogens with zero attached hydrogens (tertiary/aromatic N) is 1. The van der Waals surface area contributed by atoms with Gasteiger partial charge >= 0.3 is 0 Å². The number of rotatable bonds is 8. The molecular formula is C28H39F2N5O. The fourth-order valence-electron chi connectivity index (χ4n) is 5.05. The molecule has 0 saturated carbocycles. The SMILES string of the molecule is C=C1C(NCC2CNCCC2(F)F)=C(CC2=C/C=C(/N3CCOCC3)CCC=C2)C=CC1N/C=C\N. The van der Waals surface area contributed by atoms with Crippen LogP contribution in [0.1, 0.15) is 25.7 Å². The van der Waals surface area contributed by atoms with Crippen molar-refractivity contribution in [2.75, 3.05) is 45.9 Å². The van der Waals surface area contributed by atoms with Crippen LogP contribution in [0.3, 0.4) is 0 Å². The van der Waals surface area contributed by atoms with Crippen molar-refractivity contribution in [2.45, 2.75) is 37.6 Å². The zero-order valence-electron chi connectivity index (χ0n) is 20.9. The van der Waals surface area contributed by atoms with Gasteiger partial charge in [-0.2, -0.15) is 0 Å². The number of piperidine rings is 1. The molecule has 4 rings (SSSR count). The van der Waals surface area contributed by atoms with E-state index in [9.17, 15) is 8.78 Å². The second kappa shape index (κ2) is 12.4. The van der Waals surface area contributed by atoms with E-state index in [0.717, 1.165) is 56.0 Å². The molecule has 0 amide bonds. The van der Waals surface area contributed by atoms with Crippen molar-refractivity contribution in [1.82, 2.24) is 20.9 Å². The van der Waals surface area contributed by atoms with Crippen molar-refractivity contribution in [3.8, 4) is 0 Å². The first-order chi connectivity index (χ1) is 17.5. The molecule has 0 aromatic heterocycles. The molecule has 0 spiro atoms. The first-order valence-electron chi connectivity index (χ1n) is 12.9. The molecular weight excluding hydrogens is 460 g/mol. The summed E-state index contributed by atoms with van der Waals surface area (Å²) < 4.78 is 34.5. The second-order valence-electron chi connectivity index (χ2n) is 9.70. The third-order valence-electron chi connectivity index (χ3n) is 7.23. The standard InChI is InChI=1S/C28H39F2N5O/c1-21-26(33-13-11-31)9-7-23(27(21)34-20-24-19-32-12-10-28(24,29)30)18-22-4-2-3-5-25(8-6-22)35-14-16-36-17-15-35/h2,4,6-9,11,13,24,26,32-34H,1,3,5,10,12,14-20,31H2/b4-2?,13-11-,22-6?,25-8+. The number of ether oxygens (including phenoxy) is 1. The molecule has 4 aliphatic rings. The topological polar surface area (TPSA) is 74.6 Å². The van der Waals surface area contributed by atoms with E-state index in [4.69, 9.17) is 10.5 Å². The maximum Gasteiger partial charge on any atom is 0.255 e. The number of nitrogens with two attached hydrogens (primary N) is 1. The van der Waals surface area contributed by atoms with Crippen molar-refractivity contribution in [3.63, 3.8) is 0 Å². The van der Waals surface area contributed by atoms with E-state index in [1.807, 2.05) is 6.08 Å². The van der Waals surface area contributed by atoms with Gasteiger partial charge in [-0.15, -0.1) is 0 Å². The average Bonchev–Trinajstić information content (AvgIpc) is 2.86. The van der Waals surface area contributed by atoms with E-state index < -0.39 is 11.8 Å². The molecule has 0 aromatic carbocycles. The molecule has 36 heavy (non-hydrogen) atoms. The van der Waals surface area contributed by atoms with Gasteiger partial charge in [0.1, 0.15) is 0 Å². The van der Waals surface area contributed by atoms with E-state index in [2.05, 4.69) is 57.8 Å². The molecule has 196 valence electrons. The highest BCUT2D eigenvalue weighted by atomic mass is 19.3. The van der Waals surface area contributed by atoms with Gasteiger partial charge in [0.05, 0.1) is 25.2 Å². The normalized spacial score (nSPS) is 28.4. The Labute approximate surface area is 213 Å². The summed E-state index contributed by atoms with van der Waals surface area (Å²) in [6.45, 7) is 8.51. The second-order valence-corrected chi connectivity index (χ2v) is 9.70. The molecule has 6 nitrogen and oxygen atoms in total. The molecule has 2 aliphatic carbocycles. The molecule has 0 radical (unpaired) electrons. The zero-order chi connectivity index (χ0) is 25.4. The van der Waals surface area contributed by atoms with Gasteiger partial charge in [0, 0.05) is 62.9 Å². The lowest BCUT2D eigenvalue weighted by Crippen LogP contribution is -2.49. The van der Waals surface area contributed by atoms with Crippen molar-refractivity contribution >= 4 is 0 Å². The third-order valence-corrected chi connectivity index (χ3v) is 7.23. The van der Waals surface area contributed by atoms with Crippen LogP contribution in [0.5, 0.6) is 0 Å². The van der Waals surface area contributed by atoms with Gasteiger partial charge < -0.3 is 31.3 Å². The van der Waals surface area contributed by atoms with Gasteiger partial charge in [-0.1, -0.05) is 37.0 Å². The summed E-state index contributed by atoms with van der Waals surface area (Å²) in [5.41, 5.74) is 10.7. The highest BCUT2D eigenvalue weighted by molar-refractivity contribution is 5.50. The van der Waals surface area contributed by atoms with E-state index in [1.54, 1.807) is 6.20 Å². The molecule has 0 bridgehead atoms. The van der Waals surface area contributed by atoms with Crippen LogP contribution in [-0.4, -0.2) is 62.8 Å². The number of alkyl halides is 2. The quantitative estimate of drug-likeness (QED) is 0.410. The Balaban J connectivity index is 1.55. The monoisotopic (exact) mass is 499 g/mol. The van der Waals surface area contributed by atoms with E-state index in [1.165, 1.54) is 17.5 Å². The molecule has 2 fully saturated rings. The Morgan fingerprint density at radius 3 is 2.86 bits per heavy atom. The minimum Gasteiger partial charge on any atom is -0.403 e. The fraction of sp³-hybridized carbons (Fsp3) is 0.500. The Hall–Kier alpha value is -2.84. The minimum absolute atomic E-state index is 0.132. The van der Waals surface area contributed by atoms with Crippen LogP contribution in [0.25, 0.3) is 0 Å². The number of morpholine rings is 1. The van der Waals surface area contributed by atoms with Crippen LogP contribution in [0.15, 0.2) is 83.5 Å². The average molecular weight is 500 g/mol. The van der Waals surface area contributed by atoms with Crippen LogP contribution >= 0.6 is 0 Å². The molecule has 2 saturated heterocycles. The van der Waals surface area contributed by atoms with Crippen LogP contribution < -0.4 is 21.7 Å². The first-order valence-corrected chi connectivity index (χ1v) is 12.9. The summed E-state index contributed by atoms with van der Waals surface area (Å²) >= 11 is 0. The summed E-state index contributed by atoms with van der Waals surface area (Å²) in [5, 5.41) is 9.67. The molecule has 0 aromatic rings. The third kappa shape index (κ3) is 6.68. The van der Waals surface area contributed by atoms with E-state index >= 15 is 0 Å². The van der Waals surface area contributed by atoms with Gasteiger partial charge in [0.2, 0.25) is 0 Å². The summed E-state index contributed by atoms with van der Waals surface area (Å²) in [5.74, 6) is -3.45. The molecule has 5 N–H and O–H groups in total. The summed E-state index contributed by atoms with van der Waals surface area (Å²) in [7, 11) is 0. The number of allylic oxidation sites excluding steroid dienone is 8. The Kier molecular flexibility index (Phi) is 9.04. The van der Waals surface area contributed by atoms with Gasteiger partial charge in [0.25, 0.3) is 5.92 Å². The van der Waals surface area contributed by atoms with Gasteiger partial charge in [0.15, 0.2) is 0 Å². The van der Waals surface area contributed by atoms with E-state index in [0.29, 0.717) is 19.5 Å². The van der Waals surface area contributed by atoms with Gasteiger partial charge in [-0.25, -0.2) is 8.78 Å². The van der Waals surface area contributed by atoms with Gasteiger partial charge in [-0.05, 0) is 42.1 Å². The molecule has 2 heterocycles. The lowest BCUT2D eigenvalue weighted by molar-refractivity contribution is -0.0761. The largest absolute Gasteiger partial charge is 0.403 e. The highest BCUT2D eigenvalue weighted by Crippen LogP contribution is 2.32. The first kappa shape index (κ1) is 26.2. The van der Waals surface area contributed by atoms with Crippen LogP contribution in [0, 0.1) is 5.92 Å². The lowest BCUT2D eigenvalue weighted by Gasteiger charge is -2.34. The van der Waals surface area contributed by atoms with Crippen molar-refractivity contribution in [3.05, 3.63) is 83.5 Å². The fourth-order valence-corrected chi connectivity index (χ4v) is 5.05. The summed E-state index contributed by atoms with van der Waals surface area (Å²) in [6, 6.07) is -0.157. The molecule has 2 aliphatic heterocycles. The van der Waals surface area contributed by atoms with Crippen molar-refractivity contribution in [1.29, 1.82) is 0 Å². The van der Waals surface area contributed by atoms with E-state index in [-0.39, 0.29) is 19.0 Å². The van der Waals surface area contributed by atoms with Crippen LogP contribution in [0.4, 0.5) is 8.78 Å². The number of hydrogen-bond donors (Lipinski definition) is 4. The number of nitrogens with one attached hydrogen (secondary N) is 3. The molecule has 2 unspecified atom stereocenters. The minimum atomic E-state index is -2.68. The lowest BCUT2D eigenvalue weighted by atomic mass is 9.89. The number of halogens is 2. The van der Waals surface area contributed by atoms with Crippen molar-refractivity contribution < 1.29 is 13.5 Å². The van der Waals surface area contributed by atoms with Crippen LogP contribution in [-0.2, 0) is 4.74 Å². The maximum atomic E-state index is 14.5. The predicted octanol–water partition coefficient (Wildman–Crippen LogP) is 3.47. The zero-order valence-corrected chi connectivity index (χ0v) is 20.9. The smallest absolute Gasteiger partial charge is 0.255 e.